The molecular formula is C8H6NO2S-. The zero-order valence-corrected chi connectivity index (χ0v) is 7.00. The van der Waals surface area contributed by atoms with Gasteiger partial charge in [0.25, 0.3) is 0 Å². The van der Waals surface area contributed by atoms with Crippen LogP contribution < -0.4 is 0 Å². The molecule has 1 aromatic carbocycles. The van der Waals surface area contributed by atoms with Crippen LogP contribution in [0, 0.1) is 6.57 Å². The van der Waals surface area contributed by atoms with Crippen molar-refractivity contribution in [2.75, 3.05) is 0 Å². The van der Waals surface area contributed by atoms with Gasteiger partial charge in [0.05, 0.1) is 6.57 Å². The number of hydrogen-bond donors (Lipinski definition) is 0. The SMILES string of the molecule is [C-]#[N+]c1ccc(CS(=O)[O-])cc1. The van der Waals surface area contributed by atoms with Crippen molar-refractivity contribution in [1.82, 2.24) is 0 Å². The lowest BCUT2D eigenvalue weighted by Gasteiger charge is -2.03. The Morgan fingerprint density at radius 2 is 2.00 bits per heavy atom. The van der Waals surface area contributed by atoms with Crippen molar-refractivity contribution in [2.45, 2.75) is 5.75 Å². The zero-order chi connectivity index (χ0) is 8.97. The minimum absolute atomic E-state index is 0.0122. The van der Waals surface area contributed by atoms with Gasteiger partial charge in [-0.05, 0) is 5.56 Å². The topological polar surface area (TPSA) is 44.5 Å². The van der Waals surface area contributed by atoms with Gasteiger partial charge < -0.3 is 4.55 Å². The van der Waals surface area contributed by atoms with Crippen molar-refractivity contribution in [3.8, 4) is 0 Å². The second-order valence-electron chi connectivity index (χ2n) is 2.23. The smallest absolute Gasteiger partial charge is 0.187 e. The normalized spacial score (nSPS) is 12.0. The van der Waals surface area contributed by atoms with Gasteiger partial charge in [-0.2, -0.15) is 0 Å². The van der Waals surface area contributed by atoms with Gasteiger partial charge in [-0.1, -0.05) is 35.3 Å². The van der Waals surface area contributed by atoms with E-state index in [-0.39, 0.29) is 5.75 Å². The molecule has 0 spiro atoms. The molecule has 0 aliphatic rings. The first kappa shape index (κ1) is 8.91. The van der Waals surface area contributed by atoms with E-state index in [0.29, 0.717) is 11.3 Å². The quantitative estimate of drug-likeness (QED) is 0.512. The summed E-state index contributed by atoms with van der Waals surface area (Å²) < 4.78 is 20.5. The summed E-state index contributed by atoms with van der Waals surface area (Å²) in [5.74, 6) is 0.0122. The van der Waals surface area contributed by atoms with E-state index in [1.165, 1.54) is 0 Å². The molecule has 0 N–H and O–H groups in total. The molecule has 12 heavy (non-hydrogen) atoms. The standard InChI is InChI=1S/C8H7NO2S/c1-9-8-4-2-7(3-5-8)6-12(10)11/h2-5H,6H2,(H,10,11)/p-1. The predicted octanol–water partition coefficient (Wildman–Crippen LogP) is 1.62. The molecule has 0 aromatic heterocycles. The van der Waals surface area contributed by atoms with Crippen molar-refractivity contribution in [3.63, 3.8) is 0 Å². The Kier molecular flexibility index (Phi) is 2.97. The molecule has 4 heteroatoms. The second-order valence-corrected chi connectivity index (χ2v) is 3.12. The average molecular weight is 180 g/mol. The van der Waals surface area contributed by atoms with E-state index in [0.717, 1.165) is 0 Å². The summed E-state index contributed by atoms with van der Waals surface area (Å²) in [6.45, 7) is 6.66. The molecular weight excluding hydrogens is 174 g/mol. The largest absolute Gasteiger partial charge is 0.772 e. The van der Waals surface area contributed by atoms with Crippen molar-refractivity contribution < 1.29 is 8.76 Å². The molecule has 0 amide bonds. The Hall–Kier alpha value is -1.18. The molecule has 1 rings (SSSR count). The van der Waals surface area contributed by atoms with Crippen LogP contribution in [0.5, 0.6) is 0 Å². The molecule has 1 aromatic rings. The maximum atomic E-state index is 10.3. The van der Waals surface area contributed by atoms with Gasteiger partial charge in [-0.3, -0.25) is 4.21 Å². The fraction of sp³-hybridized carbons (Fsp3) is 0.125. The minimum Gasteiger partial charge on any atom is -0.772 e. The third-order valence-electron chi connectivity index (χ3n) is 1.35. The lowest BCUT2D eigenvalue weighted by molar-refractivity contribution is 0.536. The zero-order valence-electron chi connectivity index (χ0n) is 6.19. The highest BCUT2D eigenvalue weighted by molar-refractivity contribution is 7.78. The van der Waals surface area contributed by atoms with Crippen LogP contribution in [-0.2, 0) is 16.8 Å². The number of nitrogens with zero attached hydrogens (tertiary/aromatic N) is 1. The Bertz CT molecular complexity index is 326. The lowest BCUT2D eigenvalue weighted by Crippen LogP contribution is -1.91. The summed E-state index contributed by atoms with van der Waals surface area (Å²) in [5, 5.41) is 0. The highest BCUT2D eigenvalue weighted by Crippen LogP contribution is 2.13. The van der Waals surface area contributed by atoms with E-state index in [9.17, 15) is 8.76 Å². The third kappa shape index (κ3) is 2.46. The molecule has 0 aliphatic carbocycles. The third-order valence-corrected chi connectivity index (χ3v) is 1.92. The maximum absolute atomic E-state index is 10.3. The van der Waals surface area contributed by atoms with Crippen molar-refractivity contribution >= 4 is 16.8 Å². The van der Waals surface area contributed by atoms with Crippen LogP contribution in [0.4, 0.5) is 5.69 Å². The van der Waals surface area contributed by atoms with Gasteiger partial charge in [-0.15, -0.1) is 0 Å². The van der Waals surface area contributed by atoms with E-state index >= 15 is 0 Å². The fourth-order valence-electron chi connectivity index (χ4n) is 0.803. The Morgan fingerprint density at radius 1 is 1.42 bits per heavy atom. The van der Waals surface area contributed by atoms with Gasteiger partial charge in [0.2, 0.25) is 0 Å². The number of benzene rings is 1. The van der Waals surface area contributed by atoms with Crippen LogP contribution in [0.25, 0.3) is 4.85 Å². The monoisotopic (exact) mass is 180 g/mol. The fourth-order valence-corrected chi connectivity index (χ4v) is 1.27. The Morgan fingerprint density at radius 3 is 2.42 bits per heavy atom. The summed E-state index contributed by atoms with van der Waals surface area (Å²) in [6, 6.07) is 6.50. The molecule has 0 radical (unpaired) electrons. The lowest BCUT2D eigenvalue weighted by atomic mass is 10.2. The number of hydrogen-bond acceptors (Lipinski definition) is 2. The summed E-state index contributed by atoms with van der Waals surface area (Å²) >= 11 is -2.05. The molecule has 0 saturated carbocycles. The Labute approximate surface area is 73.1 Å². The van der Waals surface area contributed by atoms with Gasteiger partial charge in [0.15, 0.2) is 5.69 Å². The van der Waals surface area contributed by atoms with Gasteiger partial charge in [0, 0.05) is 5.75 Å². The van der Waals surface area contributed by atoms with Gasteiger partial charge in [-0.25, -0.2) is 4.85 Å². The van der Waals surface area contributed by atoms with E-state index in [2.05, 4.69) is 4.85 Å². The van der Waals surface area contributed by atoms with Gasteiger partial charge >= 0.3 is 0 Å². The first-order valence-electron chi connectivity index (χ1n) is 3.24. The molecule has 1 unspecified atom stereocenters. The van der Waals surface area contributed by atoms with Crippen LogP contribution >= 0.6 is 0 Å². The molecule has 62 valence electrons. The van der Waals surface area contributed by atoms with Gasteiger partial charge in [0.1, 0.15) is 0 Å². The first-order valence-corrected chi connectivity index (χ1v) is 4.49. The summed E-state index contributed by atoms with van der Waals surface area (Å²) in [5.41, 5.74) is 1.23. The van der Waals surface area contributed by atoms with E-state index in [1.807, 2.05) is 0 Å². The highest BCUT2D eigenvalue weighted by atomic mass is 32.2. The second kappa shape index (κ2) is 4.00. The molecule has 0 fully saturated rings. The maximum Gasteiger partial charge on any atom is 0.187 e. The summed E-state index contributed by atoms with van der Waals surface area (Å²) in [6.07, 6.45) is 0. The van der Waals surface area contributed by atoms with Crippen molar-refractivity contribution in [3.05, 3.63) is 41.2 Å². The van der Waals surface area contributed by atoms with Crippen molar-refractivity contribution in [1.29, 1.82) is 0 Å². The van der Waals surface area contributed by atoms with Crippen LogP contribution in [0.15, 0.2) is 24.3 Å². The molecule has 0 saturated heterocycles. The van der Waals surface area contributed by atoms with Crippen LogP contribution in [0.3, 0.4) is 0 Å². The minimum atomic E-state index is -2.05. The van der Waals surface area contributed by atoms with E-state index in [1.54, 1.807) is 24.3 Å². The molecule has 1 atom stereocenters. The average Bonchev–Trinajstić information content (AvgIpc) is 2.05. The predicted molar refractivity (Wildman–Crippen MR) is 45.3 cm³/mol. The van der Waals surface area contributed by atoms with Crippen LogP contribution in [-0.4, -0.2) is 8.76 Å². The van der Waals surface area contributed by atoms with E-state index < -0.39 is 11.1 Å². The summed E-state index contributed by atoms with van der Waals surface area (Å²) in [4.78, 5) is 3.19. The van der Waals surface area contributed by atoms with E-state index in [4.69, 9.17) is 6.57 Å². The highest BCUT2D eigenvalue weighted by Gasteiger charge is 1.92. The molecule has 0 bridgehead atoms. The number of rotatable bonds is 2. The van der Waals surface area contributed by atoms with Crippen molar-refractivity contribution in [2.24, 2.45) is 0 Å². The molecule has 0 aliphatic heterocycles. The first-order chi connectivity index (χ1) is 5.72. The summed E-state index contributed by atoms with van der Waals surface area (Å²) in [7, 11) is 0. The molecule has 3 nitrogen and oxygen atoms in total. The van der Waals surface area contributed by atoms with Crippen LogP contribution in [0.2, 0.25) is 0 Å². The molecule has 0 heterocycles. The Balaban J connectivity index is 2.80. The van der Waals surface area contributed by atoms with Crippen LogP contribution in [0.1, 0.15) is 5.56 Å².